The molecule has 3 atom stereocenters. The lowest BCUT2D eigenvalue weighted by Gasteiger charge is -2.25. The van der Waals surface area contributed by atoms with Crippen LogP contribution in [0.1, 0.15) is 41.3 Å². The Morgan fingerprint density at radius 3 is 2.41 bits per heavy atom. The third-order valence-electron chi connectivity index (χ3n) is 9.04. The van der Waals surface area contributed by atoms with Gasteiger partial charge in [-0.25, -0.2) is 4.98 Å². The lowest BCUT2D eigenvalue weighted by Crippen LogP contribution is -2.59. The first-order valence-electron chi connectivity index (χ1n) is 16.7. The Bertz CT molecular complexity index is 2030. The second kappa shape index (κ2) is 14.8. The molecule has 3 aromatic carbocycles. The van der Waals surface area contributed by atoms with Gasteiger partial charge in [-0.2, -0.15) is 0 Å². The lowest BCUT2D eigenvalue weighted by atomic mass is 10.0. The summed E-state index contributed by atoms with van der Waals surface area (Å²) in [5.74, 6) is -2.17. The third-order valence-corrected chi connectivity index (χ3v) is 9.04. The molecule has 0 radical (unpaired) electrons. The summed E-state index contributed by atoms with van der Waals surface area (Å²) >= 11 is 0. The van der Waals surface area contributed by atoms with Crippen molar-refractivity contribution in [2.45, 2.75) is 56.3 Å². The van der Waals surface area contributed by atoms with Crippen molar-refractivity contribution in [3.63, 3.8) is 0 Å². The van der Waals surface area contributed by atoms with Gasteiger partial charge in [0.15, 0.2) is 0 Å². The molecule has 5 N–H and O–H groups in total. The van der Waals surface area contributed by atoms with Crippen molar-refractivity contribution < 1.29 is 28.7 Å². The van der Waals surface area contributed by atoms with Gasteiger partial charge in [0, 0.05) is 25.5 Å². The summed E-state index contributed by atoms with van der Waals surface area (Å²) in [7, 11) is 1.58. The molecule has 0 unspecified atom stereocenters. The van der Waals surface area contributed by atoms with E-state index in [-0.39, 0.29) is 43.0 Å². The fourth-order valence-electron chi connectivity index (χ4n) is 5.85. The molecule has 264 valence electrons. The van der Waals surface area contributed by atoms with Crippen LogP contribution in [0.2, 0.25) is 0 Å². The summed E-state index contributed by atoms with van der Waals surface area (Å²) in [5, 5.41) is 14.2. The van der Waals surface area contributed by atoms with Crippen molar-refractivity contribution >= 4 is 40.4 Å². The highest BCUT2D eigenvalue weighted by Crippen LogP contribution is 2.35. The Kier molecular flexibility index (Phi) is 10.1. The largest absolute Gasteiger partial charge is 0.492 e. The highest BCUT2D eigenvalue weighted by molar-refractivity contribution is 6.01. The lowest BCUT2D eigenvalue weighted by molar-refractivity contribution is -0.134. The van der Waals surface area contributed by atoms with Crippen LogP contribution in [0, 0.1) is 0 Å². The van der Waals surface area contributed by atoms with E-state index in [0.717, 1.165) is 5.56 Å². The zero-order valence-corrected chi connectivity index (χ0v) is 28.2. The molecule has 2 aliphatic heterocycles. The topological polar surface area (TPSA) is 190 Å². The molecule has 14 nitrogen and oxygen atoms in total. The highest BCUT2D eigenvalue weighted by atomic mass is 16.5. The normalized spacial score (nSPS) is 21.1. The molecule has 14 heteroatoms. The maximum atomic E-state index is 13.8. The number of fused-ring (bicyclic) bond motifs is 16. The first kappa shape index (κ1) is 34.8. The van der Waals surface area contributed by atoms with Gasteiger partial charge < -0.3 is 35.9 Å². The molecule has 1 aliphatic carbocycles. The number of nitrogens with zero attached hydrogens (tertiary/aromatic N) is 2. The number of hydrogen-bond donors (Lipinski definition) is 5. The van der Waals surface area contributed by atoms with Crippen molar-refractivity contribution in [2.75, 3.05) is 13.2 Å². The quantitative estimate of drug-likeness (QED) is 0.193. The molecule has 3 aliphatic rings. The molecular weight excluding hydrogens is 654 g/mol. The summed E-state index contributed by atoms with van der Waals surface area (Å²) in [4.78, 5) is 84.2. The Morgan fingerprint density at radius 2 is 1.69 bits per heavy atom. The average Bonchev–Trinajstić information content (AvgIpc) is 3.92. The number of ether oxygens (including phenoxy) is 1. The first-order chi connectivity index (χ1) is 24.5. The van der Waals surface area contributed by atoms with Crippen LogP contribution in [0.5, 0.6) is 5.75 Å². The van der Waals surface area contributed by atoms with Crippen molar-refractivity contribution in [1.29, 1.82) is 0 Å². The highest BCUT2D eigenvalue weighted by Gasteiger charge is 2.51. The summed E-state index contributed by atoms with van der Waals surface area (Å²) in [6.45, 7) is 1.85. The molecular formula is C37H39N7O7. The van der Waals surface area contributed by atoms with Crippen LogP contribution in [-0.4, -0.2) is 75.9 Å². The minimum Gasteiger partial charge on any atom is -0.492 e. The number of aromatic nitrogens is 2. The summed E-state index contributed by atoms with van der Waals surface area (Å²) in [6.07, 6.45) is 2.48. The van der Waals surface area contributed by atoms with E-state index in [2.05, 4.69) is 31.6 Å². The molecule has 1 fully saturated rings. The molecule has 1 spiro atoms. The van der Waals surface area contributed by atoms with Gasteiger partial charge in [0.1, 0.15) is 36.0 Å². The second-order valence-corrected chi connectivity index (χ2v) is 12.9. The van der Waals surface area contributed by atoms with Gasteiger partial charge in [-0.1, -0.05) is 42.5 Å². The van der Waals surface area contributed by atoms with Crippen LogP contribution < -0.4 is 36.9 Å². The molecule has 51 heavy (non-hydrogen) atoms. The standard InChI is InChI=1S/C37H39N7O7/c1-22-31(45)41-30(18-23-6-4-3-5-7-23)34(48)43-37(14-15-37)36(50)38-16-17-51-26-11-8-24(9-12-26)19-29(33(47)40-22)42-32(46)25-10-13-27-28(20-25)39-21-44(2)35(27)49/h3-13,20-22,29-30H,14-19H2,1-2H3,(H,38,50)(H,40,47)(H,41,45)(H,42,46)(H,43,48)/t22-,29-,30+/m0/s1. The van der Waals surface area contributed by atoms with Crippen LogP contribution >= 0.6 is 0 Å². The Labute approximate surface area is 293 Å². The number of aryl methyl sites for hydroxylation is 1. The number of rotatable bonds is 4. The molecule has 2 bridgehead atoms. The van der Waals surface area contributed by atoms with E-state index in [0.29, 0.717) is 35.1 Å². The number of hydrogen-bond acceptors (Lipinski definition) is 8. The minimum atomic E-state index is -1.12. The fourth-order valence-corrected chi connectivity index (χ4v) is 5.85. The first-order valence-corrected chi connectivity index (χ1v) is 16.7. The monoisotopic (exact) mass is 693 g/mol. The van der Waals surface area contributed by atoms with Crippen LogP contribution in [-0.2, 0) is 39.1 Å². The minimum absolute atomic E-state index is 0.0652. The molecule has 5 amide bonds. The smallest absolute Gasteiger partial charge is 0.260 e. The number of amides is 5. The van der Waals surface area contributed by atoms with Crippen molar-refractivity contribution in [1.82, 2.24) is 36.1 Å². The van der Waals surface area contributed by atoms with E-state index in [4.69, 9.17) is 4.74 Å². The van der Waals surface area contributed by atoms with Crippen molar-refractivity contribution in [2.24, 2.45) is 7.05 Å². The predicted octanol–water partition coefficient (Wildman–Crippen LogP) is 0.664. The SMILES string of the molecule is C[C@@H]1NC(=O)[C@@H](NC(=O)c2ccc3c(=O)n(C)cnc3c2)Cc2ccc(cc2)OCCNC(=O)C2(CC2)NC(=O)[C@@H](Cc2ccccc2)NC1=O. The van der Waals surface area contributed by atoms with E-state index >= 15 is 0 Å². The van der Waals surface area contributed by atoms with Crippen molar-refractivity contribution in [3.05, 3.63) is 106 Å². The van der Waals surface area contributed by atoms with Gasteiger partial charge in [0.2, 0.25) is 23.6 Å². The predicted molar refractivity (Wildman–Crippen MR) is 187 cm³/mol. The third kappa shape index (κ3) is 8.23. The summed E-state index contributed by atoms with van der Waals surface area (Å²) < 4.78 is 7.14. The van der Waals surface area contributed by atoms with Gasteiger partial charge in [0.25, 0.3) is 11.5 Å². The van der Waals surface area contributed by atoms with Gasteiger partial charge in [-0.05, 0) is 61.2 Å². The maximum Gasteiger partial charge on any atom is 0.260 e. The van der Waals surface area contributed by atoms with Gasteiger partial charge in [-0.3, -0.25) is 28.8 Å². The van der Waals surface area contributed by atoms with Gasteiger partial charge in [-0.15, -0.1) is 0 Å². The fraction of sp³-hybridized carbons (Fsp3) is 0.324. The molecule has 4 aromatic rings. The Hall–Kier alpha value is -6.05. The molecule has 1 aromatic heterocycles. The Balaban J connectivity index is 1.25. The Morgan fingerprint density at radius 1 is 0.941 bits per heavy atom. The van der Waals surface area contributed by atoms with E-state index in [9.17, 15) is 28.8 Å². The van der Waals surface area contributed by atoms with E-state index < -0.39 is 47.3 Å². The van der Waals surface area contributed by atoms with Crippen LogP contribution in [0.15, 0.2) is 83.9 Å². The molecule has 0 saturated heterocycles. The van der Waals surface area contributed by atoms with E-state index in [1.165, 1.54) is 36.0 Å². The van der Waals surface area contributed by atoms with E-state index in [1.807, 2.05) is 30.3 Å². The average molecular weight is 694 g/mol. The molecule has 7 rings (SSSR count). The second-order valence-electron chi connectivity index (χ2n) is 12.9. The number of benzene rings is 3. The summed E-state index contributed by atoms with van der Waals surface area (Å²) in [5.41, 5.74) is 0.651. The maximum absolute atomic E-state index is 13.8. The molecule has 3 heterocycles. The zero-order chi connectivity index (χ0) is 36.1. The van der Waals surface area contributed by atoms with Gasteiger partial charge >= 0.3 is 0 Å². The number of nitrogens with one attached hydrogen (secondary N) is 5. The van der Waals surface area contributed by atoms with E-state index in [1.54, 1.807) is 31.3 Å². The zero-order valence-electron chi connectivity index (χ0n) is 28.2. The number of carbonyl (C=O) groups is 5. The van der Waals surface area contributed by atoms with Crippen LogP contribution in [0.4, 0.5) is 0 Å². The van der Waals surface area contributed by atoms with Crippen LogP contribution in [0.25, 0.3) is 10.9 Å². The number of carbonyl (C=O) groups excluding carboxylic acids is 5. The van der Waals surface area contributed by atoms with Gasteiger partial charge in [0.05, 0.1) is 23.8 Å². The summed E-state index contributed by atoms with van der Waals surface area (Å²) in [6, 6.07) is 17.3. The van der Waals surface area contributed by atoms with Crippen LogP contribution in [0.3, 0.4) is 0 Å². The van der Waals surface area contributed by atoms with Crippen molar-refractivity contribution in [3.8, 4) is 5.75 Å². The molecule has 1 saturated carbocycles.